The lowest BCUT2D eigenvalue weighted by Crippen LogP contribution is -2.01. The van der Waals surface area contributed by atoms with Gasteiger partial charge in [-0.25, -0.2) is 9.97 Å². The lowest BCUT2D eigenvalue weighted by atomic mass is 10.2. The summed E-state index contributed by atoms with van der Waals surface area (Å²) in [5.41, 5.74) is 14.7. The van der Waals surface area contributed by atoms with Gasteiger partial charge in [0.05, 0.1) is 5.69 Å². The Morgan fingerprint density at radius 3 is 2.32 bits per heavy atom. The monoisotopic (exact) mass is 353 g/mol. The number of aromatic nitrogens is 3. The molecule has 126 valence electrons. The van der Waals surface area contributed by atoms with Gasteiger partial charge in [-0.1, -0.05) is 24.3 Å². The highest BCUT2D eigenvalue weighted by atomic mass is 35.5. The molecule has 0 amide bonds. The van der Waals surface area contributed by atoms with Gasteiger partial charge in [-0.15, -0.1) is 0 Å². The van der Waals surface area contributed by atoms with Crippen LogP contribution in [0.1, 0.15) is 5.56 Å². The van der Waals surface area contributed by atoms with Crippen LogP contribution < -0.4 is 22.1 Å². The third-order valence-corrected chi connectivity index (χ3v) is 3.57. The molecular weight excluding hydrogens is 338 g/mol. The number of hydrogen-bond donors (Lipinski definition) is 4. The van der Waals surface area contributed by atoms with Crippen LogP contribution in [0.4, 0.5) is 34.6 Å². The maximum atomic E-state index is 5.87. The highest BCUT2D eigenvalue weighted by molar-refractivity contribution is 6.29. The van der Waals surface area contributed by atoms with Gasteiger partial charge in [-0.2, -0.15) is 4.98 Å². The minimum absolute atomic E-state index is 0.112. The van der Waals surface area contributed by atoms with Crippen molar-refractivity contribution < 1.29 is 0 Å². The Kier molecular flexibility index (Phi) is 4.67. The van der Waals surface area contributed by atoms with Crippen molar-refractivity contribution >= 4 is 52.3 Å². The summed E-state index contributed by atoms with van der Waals surface area (Å²) in [7, 11) is 0. The third-order valence-electron chi connectivity index (χ3n) is 3.37. The second-order valence-corrected chi connectivity index (χ2v) is 5.51. The molecule has 2 aromatic heterocycles. The summed E-state index contributed by atoms with van der Waals surface area (Å²) < 4.78 is 0. The van der Waals surface area contributed by atoms with Gasteiger partial charge in [0.25, 0.3) is 0 Å². The molecule has 25 heavy (non-hydrogen) atoms. The lowest BCUT2D eigenvalue weighted by molar-refractivity contribution is 1.18. The largest absolute Gasteiger partial charge is 0.383 e. The van der Waals surface area contributed by atoms with Crippen molar-refractivity contribution in [3.8, 4) is 0 Å². The summed E-state index contributed by atoms with van der Waals surface area (Å²) in [5, 5.41) is 6.68. The average molecular weight is 354 g/mol. The number of nitrogen functional groups attached to an aromatic ring is 2. The number of nitrogens with zero attached hydrogens (tertiary/aromatic N) is 3. The van der Waals surface area contributed by atoms with Crippen LogP contribution >= 0.6 is 11.6 Å². The maximum absolute atomic E-state index is 5.87. The quantitative estimate of drug-likeness (QED) is 0.515. The standard InChI is InChI=1S/C17H16ClN7/c1-2-12-13(7-8-21-16(12)19)22-10-3-5-11(6-4-10)23-15-9-14(18)24-17(20)25-15/h2-9H,1H2,(H3,19,21,22)(H3,20,23,24,25). The van der Waals surface area contributed by atoms with Gasteiger partial charge in [0.1, 0.15) is 16.8 Å². The molecule has 0 aliphatic heterocycles. The zero-order valence-electron chi connectivity index (χ0n) is 13.2. The molecule has 0 radical (unpaired) electrons. The molecule has 2 heterocycles. The number of benzene rings is 1. The van der Waals surface area contributed by atoms with Crippen molar-refractivity contribution in [1.29, 1.82) is 0 Å². The van der Waals surface area contributed by atoms with E-state index in [0.717, 1.165) is 22.6 Å². The van der Waals surface area contributed by atoms with E-state index in [1.54, 1.807) is 18.3 Å². The van der Waals surface area contributed by atoms with E-state index < -0.39 is 0 Å². The summed E-state index contributed by atoms with van der Waals surface area (Å²) in [6.45, 7) is 3.77. The van der Waals surface area contributed by atoms with E-state index in [9.17, 15) is 0 Å². The van der Waals surface area contributed by atoms with Gasteiger partial charge >= 0.3 is 0 Å². The average Bonchev–Trinajstić information content (AvgIpc) is 2.56. The first-order valence-corrected chi connectivity index (χ1v) is 7.74. The fourth-order valence-electron chi connectivity index (χ4n) is 2.25. The zero-order chi connectivity index (χ0) is 17.8. The molecule has 0 unspecified atom stereocenters. The molecule has 6 N–H and O–H groups in total. The Morgan fingerprint density at radius 1 is 1.00 bits per heavy atom. The SMILES string of the molecule is C=Cc1c(Nc2ccc(Nc3cc(Cl)nc(N)n3)cc2)ccnc1N. The minimum Gasteiger partial charge on any atom is -0.383 e. The molecule has 7 nitrogen and oxygen atoms in total. The zero-order valence-corrected chi connectivity index (χ0v) is 14.0. The number of nitrogens with one attached hydrogen (secondary N) is 2. The predicted molar refractivity (Wildman–Crippen MR) is 103 cm³/mol. The molecule has 0 aliphatic carbocycles. The first kappa shape index (κ1) is 16.5. The van der Waals surface area contributed by atoms with Gasteiger partial charge < -0.3 is 22.1 Å². The van der Waals surface area contributed by atoms with E-state index in [-0.39, 0.29) is 11.1 Å². The Balaban J connectivity index is 1.76. The van der Waals surface area contributed by atoms with Crippen LogP contribution in [0, 0.1) is 0 Å². The summed E-state index contributed by atoms with van der Waals surface area (Å²) in [6.07, 6.45) is 3.31. The topological polar surface area (TPSA) is 115 Å². The number of hydrogen-bond acceptors (Lipinski definition) is 7. The molecule has 3 aromatic rings. The molecule has 8 heteroatoms. The molecule has 0 bridgehead atoms. The van der Waals surface area contributed by atoms with Crippen molar-refractivity contribution in [3.05, 3.63) is 59.9 Å². The molecule has 0 saturated carbocycles. The molecule has 3 rings (SSSR count). The molecule has 1 aromatic carbocycles. The van der Waals surface area contributed by atoms with Crippen LogP contribution in [0.5, 0.6) is 0 Å². The van der Waals surface area contributed by atoms with Gasteiger partial charge in [-0.3, -0.25) is 0 Å². The number of nitrogens with two attached hydrogens (primary N) is 2. The first-order chi connectivity index (χ1) is 12.0. The molecule has 0 aliphatic rings. The fourth-order valence-corrected chi connectivity index (χ4v) is 2.44. The van der Waals surface area contributed by atoms with E-state index in [4.69, 9.17) is 23.1 Å². The van der Waals surface area contributed by atoms with Gasteiger partial charge in [0.2, 0.25) is 5.95 Å². The van der Waals surface area contributed by atoms with Crippen LogP contribution in [0.3, 0.4) is 0 Å². The smallest absolute Gasteiger partial charge is 0.223 e. The summed E-state index contributed by atoms with van der Waals surface area (Å²) >= 11 is 5.87. The van der Waals surface area contributed by atoms with Crippen molar-refractivity contribution in [1.82, 2.24) is 15.0 Å². The highest BCUT2D eigenvalue weighted by Gasteiger charge is 2.05. The van der Waals surface area contributed by atoms with Crippen LogP contribution in [-0.2, 0) is 0 Å². The van der Waals surface area contributed by atoms with Gasteiger partial charge in [0.15, 0.2) is 0 Å². The molecule has 0 atom stereocenters. The van der Waals surface area contributed by atoms with E-state index in [1.165, 1.54) is 0 Å². The van der Waals surface area contributed by atoms with E-state index in [0.29, 0.717) is 11.6 Å². The van der Waals surface area contributed by atoms with E-state index in [2.05, 4.69) is 32.2 Å². The predicted octanol–water partition coefficient (Wildman–Crippen LogP) is 3.82. The normalized spacial score (nSPS) is 10.3. The minimum atomic E-state index is 0.112. The van der Waals surface area contributed by atoms with Crippen LogP contribution in [-0.4, -0.2) is 15.0 Å². The van der Waals surface area contributed by atoms with E-state index >= 15 is 0 Å². The molecule has 0 saturated heterocycles. The van der Waals surface area contributed by atoms with Crippen molar-refractivity contribution in [2.75, 3.05) is 22.1 Å². The Hall–Kier alpha value is -3.32. The van der Waals surface area contributed by atoms with Crippen LogP contribution in [0.25, 0.3) is 6.08 Å². The second-order valence-electron chi connectivity index (χ2n) is 5.12. The Morgan fingerprint density at radius 2 is 1.68 bits per heavy atom. The highest BCUT2D eigenvalue weighted by Crippen LogP contribution is 2.26. The third kappa shape index (κ3) is 3.96. The molecular formula is C17H16ClN7. The summed E-state index contributed by atoms with van der Waals surface area (Å²) in [5.74, 6) is 1.06. The van der Waals surface area contributed by atoms with Crippen LogP contribution in [0.2, 0.25) is 5.15 Å². The van der Waals surface area contributed by atoms with Crippen molar-refractivity contribution in [3.63, 3.8) is 0 Å². The summed E-state index contributed by atoms with van der Waals surface area (Å²) in [4.78, 5) is 11.9. The summed E-state index contributed by atoms with van der Waals surface area (Å²) in [6, 6.07) is 11.1. The van der Waals surface area contributed by atoms with Crippen molar-refractivity contribution in [2.45, 2.75) is 0 Å². The number of rotatable bonds is 5. The van der Waals surface area contributed by atoms with E-state index in [1.807, 2.05) is 30.3 Å². The van der Waals surface area contributed by atoms with Gasteiger partial charge in [0, 0.05) is 29.2 Å². The number of anilines is 6. The fraction of sp³-hybridized carbons (Fsp3) is 0. The maximum Gasteiger partial charge on any atom is 0.223 e. The lowest BCUT2D eigenvalue weighted by Gasteiger charge is -2.12. The molecule has 0 spiro atoms. The number of halogens is 1. The molecule has 0 fully saturated rings. The number of pyridine rings is 1. The first-order valence-electron chi connectivity index (χ1n) is 7.36. The van der Waals surface area contributed by atoms with Crippen LogP contribution in [0.15, 0.2) is 49.2 Å². The second kappa shape index (κ2) is 7.06. The van der Waals surface area contributed by atoms with Gasteiger partial charge in [-0.05, 0) is 30.3 Å². The Bertz CT molecular complexity index is 889. The Labute approximate surface area is 149 Å². The van der Waals surface area contributed by atoms with Crippen molar-refractivity contribution in [2.24, 2.45) is 0 Å².